The summed E-state index contributed by atoms with van der Waals surface area (Å²) in [6, 6.07) is 20.5. The number of para-hydroxylation sites is 1. The maximum atomic E-state index is 13.7. The zero-order valence-electron chi connectivity index (χ0n) is 17.6. The molecule has 3 aromatic rings. The van der Waals surface area contributed by atoms with Gasteiger partial charge in [-0.25, -0.2) is 4.99 Å². The lowest BCUT2D eigenvalue weighted by atomic mass is 10.2. The first kappa shape index (κ1) is 22.2. The summed E-state index contributed by atoms with van der Waals surface area (Å²) in [7, 11) is 3.60. The number of rotatable bonds is 3. The fourth-order valence-electron chi connectivity index (χ4n) is 3.50. The van der Waals surface area contributed by atoms with E-state index in [9.17, 15) is 4.79 Å². The van der Waals surface area contributed by atoms with Crippen molar-refractivity contribution in [2.24, 2.45) is 4.99 Å². The summed E-state index contributed by atoms with van der Waals surface area (Å²) in [4.78, 5) is 23.8. The van der Waals surface area contributed by atoms with Gasteiger partial charge in [0.05, 0.1) is 39.2 Å². The lowest BCUT2D eigenvalue weighted by molar-refractivity contribution is -0.113. The number of hydrogen-bond donors (Lipinski definition) is 0. The quantitative estimate of drug-likeness (QED) is 0.347. The molecule has 33 heavy (non-hydrogen) atoms. The number of amidine groups is 1. The normalized spacial score (nSPS) is 18.9. The van der Waals surface area contributed by atoms with Crippen LogP contribution in [0.4, 0.5) is 17.1 Å². The first-order chi connectivity index (χ1) is 16.0. The number of aliphatic imine (C=N–C) groups is 1. The SMILES string of the molecule is COc1ccc2c(c1)N(C)/C(=C1\SC(=Nc3ccc(Cl)c(Cl)c3)N(c3ccccc3)C1=O)S2. The number of ether oxygens (including phenoxy) is 1. The van der Waals surface area contributed by atoms with Gasteiger partial charge in [-0.1, -0.05) is 53.2 Å². The van der Waals surface area contributed by atoms with Gasteiger partial charge in [-0.3, -0.25) is 9.69 Å². The Labute approximate surface area is 210 Å². The van der Waals surface area contributed by atoms with Crippen molar-refractivity contribution in [3.05, 3.63) is 86.7 Å². The Morgan fingerprint density at radius 3 is 2.45 bits per heavy atom. The van der Waals surface area contributed by atoms with Crippen molar-refractivity contribution in [3.63, 3.8) is 0 Å². The number of benzene rings is 3. The Morgan fingerprint density at radius 1 is 0.939 bits per heavy atom. The molecule has 5 rings (SSSR count). The zero-order chi connectivity index (χ0) is 23.1. The summed E-state index contributed by atoms with van der Waals surface area (Å²) >= 11 is 15.2. The molecule has 0 spiro atoms. The van der Waals surface area contributed by atoms with Crippen molar-refractivity contribution in [2.45, 2.75) is 4.90 Å². The summed E-state index contributed by atoms with van der Waals surface area (Å²) in [6.45, 7) is 0. The number of amides is 1. The van der Waals surface area contributed by atoms with Crippen LogP contribution in [-0.4, -0.2) is 25.2 Å². The molecule has 0 N–H and O–H groups in total. The van der Waals surface area contributed by atoms with E-state index in [2.05, 4.69) is 0 Å². The molecule has 166 valence electrons. The molecule has 2 aliphatic rings. The predicted octanol–water partition coefficient (Wildman–Crippen LogP) is 7.18. The molecule has 0 bridgehead atoms. The highest BCUT2D eigenvalue weighted by atomic mass is 35.5. The fourth-order valence-corrected chi connectivity index (χ4v) is 6.12. The van der Waals surface area contributed by atoms with Gasteiger partial charge < -0.3 is 9.64 Å². The van der Waals surface area contributed by atoms with Gasteiger partial charge in [0.2, 0.25) is 0 Å². The van der Waals surface area contributed by atoms with Crippen LogP contribution in [0, 0.1) is 0 Å². The number of hydrogen-bond acceptors (Lipinski definition) is 6. The average Bonchev–Trinajstić information content (AvgIpc) is 3.32. The predicted molar refractivity (Wildman–Crippen MR) is 139 cm³/mol. The smallest absolute Gasteiger partial charge is 0.274 e. The third-order valence-electron chi connectivity index (χ3n) is 5.16. The van der Waals surface area contributed by atoms with Crippen LogP contribution in [0.1, 0.15) is 0 Å². The minimum absolute atomic E-state index is 0.126. The van der Waals surface area contributed by atoms with Crippen molar-refractivity contribution < 1.29 is 9.53 Å². The van der Waals surface area contributed by atoms with E-state index in [1.165, 1.54) is 11.8 Å². The molecule has 2 heterocycles. The lowest BCUT2D eigenvalue weighted by Crippen LogP contribution is -2.29. The van der Waals surface area contributed by atoms with Gasteiger partial charge in [0.1, 0.15) is 10.7 Å². The van der Waals surface area contributed by atoms with Crippen molar-refractivity contribution in [1.29, 1.82) is 0 Å². The molecule has 1 saturated heterocycles. The largest absolute Gasteiger partial charge is 0.497 e. The van der Waals surface area contributed by atoms with Gasteiger partial charge in [0.25, 0.3) is 5.91 Å². The topological polar surface area (TPSA) is 45.1 Å². The van der Waals surface area contributed by atoms with Gasteiger partial charge in [-0.2, -0.15) is 0 Å². The molecule has 3 aromatic carbocycles. The summed E-state index contributed by atoms with van der Waals surface area (Å²) in [6.07, 6.45) is 0. The van der Waals surface area contributed by atoms with E-state index in [0.29, 0.717) is 25.8 Å². The first-order valence-corrected chi connectivity index (χ1v) is 12.3. The molecule has 0 radical (unpaired) electrons. The molecule has 0 saturated carbocycles. The van der Waals surface area contributed by atoms with Crippen LogP contribution in [0.5, 0.6) is 5.75 Å². The Hall–Kier alpha value is -2.58. The standard InChI is InChI=1S/C24H17Cl2N3O2S2/c1-28-19-13-16(31-2)9-11-20(19)32-23(28)21-22(30)29(15-6-4-3-5-7-15)24(33-21)27-14-8-10-17(25)18(26)12-14/h3-13H,1-2H3/b23-21+,27-24?. The molecular formula is C24H17Cl2N3O2S2. The first-order valence-electron chi connectivity index (χ1n) is 9.91. The maximum Gasteiger partial charge on any atom is 0.274 e. The molecule has 1 fully saturated rings. The summed E-state index contributed by atoms with van der Waals surface area (Å²) in [5, 5.41) is 2.27. The lowest BCUT2D eigenvalue weighted by Gasteiger charge is -2.17. The third kappa shape index (κ3) is 4.10. The van der Waals surface area contributed by atoms with Gasteiger partial charge in [-0.15, -0.1) is 0 Å². The number of methoxy groups -OCH3 is 1. The second-order valence-corrected chi connectivity index (χ2v) is 10.0. The van der Waals surface area contributed by atoms with Crippen molar-refractivity contribution in [3.8, 4) is 5.75 Å². The van der Waals surface area contributed by atoms with Gasteiger partial charge in [-0.05, 0) is 54.2 Å². The van der Waals surface area contributed by atoms with E-state index in [1.807, 2.05) is 60.5 Å². The maximum absolute atomic E-state index is 13.7. The van der Waals surface area contributed by atoms with Crippen LogP contribution in [0.3, 0.4) is 0 Å². The summed E-state index contributed by atoms with van der Waals surface area (Å²) in [5.74, 6) is 0.643. The van der Waals surface area contributed by atoms with Crippen molar-refractivity contribution in [2.75, 3.05) is 24.0 Å². The second-order valence-electron chi connectivity index (χ2n) is 7.20. The van der Waals surface area contributed by atoms with E-state index in [-0.39, 0.29) is 5.91 Å². The number of nitrogens with zero attached hydrogens (tertiary/aromatic N) is 3. The van der Waals surface area contributed by atoms with Gasteiger partial charge >= 0.3 is 0 Å². The van der Waals surface area contributed by atoms with E-state index in [4.69, 9.17) is 32.9 Å². The molecular weight excluding hydrogens is 497 g/mol. The molecule has 0 atom stereocenters. The minimum atomic E-state index is -0.126. The van der Waals surface area contributed by atoms with E-state index >= 15 is 0 Å². The van der Waals surface area contributed by atoms with Crippen molar-refractivity contribution >= 4 is 74.9 Å². The highest BCUT2D eigenvalue weighted by Gasteiger charge is 2.40. The Bertz CT molecular complexity index is 1330. The highest BCUT2D eigenvalue weighted by Crippen LogP contribution is 2.51. The average molecular weight is 514 g/mol. The highest BCUT2D eigenvalue weighted by molar-refractivity contribution is 8.20. The third-order valence-corrected chi connectivity index (χ3v) is 8.29. The van der Waals surface area contributed by atoms with Crippen LogP contribution in [0.15, 0.2) is 86.6 Å². The number of carbonyl (C=O) groups excluding carboxylic acids is 1. The van der Waals surface area contributed by atoms with Crippen LogP contribution in [-0.2, 0) is 4.79 Å². The number of thioether (sulfide) groups is 2. The second kappa shape index (κ2) is 8.99. The minimum Gasteiger partial charge on any atom is -0.497 e. The molecule has 9 heteroatoms. The Morgan fingerprint density at radius 2 is 1.73 bits per heavy atom. The number of carbonyl (C=O) groups is 1. The van der Waals surface area contributed by atoms with E-state index in [1.54, 1.807) is 42.0 Å². The molecule has 2 aliphatic heterocycles. The fraction of sp³-hybridized carbons (Fsp3) is 0.0833. The zero-order valence-corrected chi connectivity index (χ0v) is 20.7. The molecule has 5 nitrogen and oxygen atoms in total. The molecule has 0 aromatic heterocycles. The monoisotopic (exact) mass is 513 g/mol. The number of halogens is 2. The van der Waals surface area contributed by atoms with E-state index < -0.39 is 0 Å². The molecule has 1 amide bonds. The van der Waals surface area contributed by atoms with Crippen LogP contribution >= 0.6 is 46.7 Å². The Balaban J connectivity index is 1.60. The van der Waals surface area contributed by atoms with Crippen molar-refractivity contribution in [1.82, 2.24) is 0 Å². The number of anilines is 2. The van der Waals surface area contributed by atoms with Crippen LogP contribution in [0.2, 0.25) is 10.0 Å². The van der Waals surface area contributed by atoms with Crippen LogP contribution in [0.25, 0.3) is 0 Å². The molecule has 0 aliphatic carbocycles. The number of fused-ring (bicyclic) bond motifs is 1. The van der Waals surface area contributed by atoms with E-state index in [0.717, 1.165) is 27.0 Å². The summed E-state index contributed by atoms with van der Waals surface area (Å²) in [5.41, 5.74) is 2.36. The Kier molecular flexibility index (Phi) is 6.05. The van der Waals surface area contributed by atoms with Gasteiger partial charge in [0.15, 0.2) is 5.17 Å². The summed E-state index contributed by atoms with van der Waals surface area (Å²) < 4.78 is 5.37. The molecule has 0 unspecified atom stereocenters. The van der Waals surface area contributed by atoms with Gasteiger partial charge in [0, 0.05) is 18.0 Å². The van der Waals surface area contributed by atoms with Crippen LogP contribution < -0.4 is 14.5 Å².